The fourth-order valence-corrected chi connectivity index (χ4v) is 3.55. The Kier molecular flexibility index (Phi) is 4.54. The van der Waals surface area contributed by atoms with Crippen LogP contribution >= 0.6 is 23.4 Å². The number of benzene rings is 2. The first-order valence-corrected chi connectivity index (χ1v) is 8.17. The first-order chi connectivity index (χ1) is 10.3. The van der Waals surface area contributed by atoms with Crippen LogP contribution in [-0.4, -0.2) is 12.8 Å². The Hall–Kier alpha value is -1.42. The van der Waals surface area contributed by atoms with Crippen molar-refractivity contribution in [1.29, 1.82) is 0 Å². The molecular formula is C17H16ClNOS. The number of thioether (sulfide) groups is 1. The molecule has 1 heterocycles. The van der Waals surface area contributed by atoms with Crippen molar-refractivity contribution in [3.8, 4) is 0 Å². The smallest absolute Gasteiger partial charge is 0.134 e. The molecule has 0 aliphatic rings. The summed E-state index contributed by atoms with van der Waals surface area (Å²) >= 11 is 7.78. The minimum atomic E-state index is 0.168. The maximum atomic E-state index is 6.02. The Bertz CT molecular complexity index is 707. The summed E-state index contributed by atoms with van der Waals surface area (Å²) in [6.07, 6.45) is 0. The molecule has 3 rings (SSSR count). The SMILES string of the molecule is CNC(CSc1cccc(Cl)c1)c1cc2ccccc2o1. The summed E-state index contributed by atoms with van der Waals surface area (Å²) in [5.74, 6) is 1.85. The molecule has 2 aromatic carbocycles. The van der Waals surface area contributed by atoms with E-state index in [0.29, 0.717) is 0 Å². The predicted octanol–water partition coefficient (Wildman–Crippen LogP) is 5.14. The Balaban J connectivity index is 1.75. The normalized spacial score (nSPS) is 12.7. The summed E-state index contributed by atoms with van der Waals surface area (Å²) in [5.41, 5.74) is 0.931. The van der Waals surface area contributed by atoms with E-state index < -0.39 is 0 Å². The van der Waals surface area contributed by atoms with Crippen LogP contribution in [0.15, 0.2) is 63.9 Å². The van der Waals surface area contributed by atoms with Crippen molar-refractivity contribution < 1.29 is 4.42 Å². The molecule has 0 amide bonds. The molecule has 0 fully saturated rings. The van der Waals surface area contributed by atoms with Gasteiger partial charge in [-0.3, -0.25) is 0 Å². The van der Waals surface area contributed by atoms with Crippen LogP contribution in [-0.2, 0) is 0 Å². The molecule has 1 N–H and O–H groups in total. The molecule has 0 saturated heterocycles. The van der Waals surface area contributed by atoms with Gasteiger partial charge >= 0.3 is 0 Å². The Labute approximate surface area is 133 Å². The highest BCUT2D eigenvalue weighted by Gasteiger charge is 2.15. The number of rotatable bonds is 5. The molecule has 1 unspecified atom stereocenters. The quantitative estimate of drug-likeness (QED) is 0.660. The van der Waals surface area contributed by atoms with E-state index in [9.17, 15) is 0 Å². The standard InChI is InChI=1S/C17H16ClNOS/c1-19-15(11-21-14-7-4-6-13(18)10-14)17-9-12-5-2-3-8-16(12)20-17/h2-10,15,19H,11H2,1H3. The molecule has 3 aromatic rings. The highest BCUT2D eigenvalue weighted by atomic mass is 35.5. The third-order valence-electron chi connectivity index (χ3n) is 3.35. The average Bonchev–Trinajstić information content (AvgIpc) is 2.91. The summed E-state index contributed by atoms with van der Waals surface area (Å²) in [6.45, 7) is 0. The number of hydrogen-bond acceptors (Lipinski definition) is 3. The molecule has 1 aromatic heterocycles. The van der Waals surface area contributed by atoms with Gasteiger partial charge in [0, 0.05) is 21.1 Å². The monoisotopic (exact) mass is 317 g/mol. The third-order valence-corrected chi connectivity index (χ3v) is 4.67. The Morgan fingerprint density at radius 2 is 2.00 bits per heavy atom. The van der Waals surface area contributed by atoms with Crippen molar-refractivity contribution in [2.75, 3.05) is 12.8 Å². The second kappa shape index (κ2) is 6.56. The van der Waals surface area contributed by atoms with Gasteiger partial charge in [0.05, 0.1) is 6.04 Å². The van der Waals surface area contributed by atoms with Crippen molar-refractivity contribution in [2.24, 2.45) is 0 Å². The summed E-state index contributed by atoms with van der Waals surface area (Å²) in [6, 6.07) is 18.3. The van der Waals surface area contributed by atoms with Crippen LogP contribution in [0.3, 0.4) is 0 Å². The summed E-state index contributed by atoms with van der Waals surface area (Å²) in [7, 11) is 1.95. The number of hydrogen-bond donors (Lipinski definition) is 1. The zero-order valence-corrected chi connectivity index (χ0v) is 13.2. The summed E-state index contributed by atoms with van der Waals surface area (Å²) in [5, 5.41) is 5.22. The molecule has 1 atom stereocenters. The zero-order chi connectivity index (χ0) is 14.7. The summed E-state index contributed by atoms with van der Waals surface area (Å²) in [4.78, 5) is 1.17. The molecule has 2 nitrogen and oxygen atoms in total. The molecule has 0 radical (unpaired) electrons. The fourth-order valence-electron chi connectivity index (χ4n) is 2.22. The van der Waals surface area contributed by atoms with Crippen molar-refractivity contribution in [3.05, 3.63) is 65.4 Å². The molecule has 0 bridgehead atoms. The first kappa shape index (κ1) is 14.5. The van der Waals surface area contributed by atoms with Gasteiger partial charge in [0.2, 0.25) is 0 Å². The van der Waals surface area contributed by atoms with Crippen molar-refractivity contribution in [2.45, 2.75) is 10.9 Å². The lowest BCUT2D eigenvalue weighted by molar-refractivity contribution is 0.479. The van der Waals surface area contributed by atoms with E-state index in [2.05, 4.69) is 23.5 Å². The number of halogens is 1. The average molecular weight is 318 g/mol. The Morgan fingerprint density at radius 3 is 2.76 bits per heavy atom. The van der Waals surface area contributed by atoms with Gasteiger partial charge in [-0.15, -0.1) is 11.8 Å². The van der Waals surface area contributed by atoms with Gasteiger partial charge in [0.25, 0.3) is 0 Å². The fraction of sp³-hybridized carbons (Fsp3) is 0.176. The number of furan rings is 1. The molecule has 108 valence electrons. The van der Waals surface area contributed by atoms with Crippen LogP contribution in [0.5, 0.6) is 0 Å². The van der Waals surface area contributed by atoms with Crippen LogP contribution in [0.1, 0.15) is 11.8 Å². The van der Waals surface area contributed by atoms with E-state index in [0.717, 1.165) is 27.5 Å². The van der Waals surface area contributed by atoms with Gasteiger partial charge in [-0.25, -0.2) is 0 Å². The second-order valence-corrected chi connectivity index (χ2v) is 6.33. The maximum Gasteiger partial charge on any atom is 0.134 e. The van der Waals surface area contributed by atoms with Gasteiger partial charge < -0.3 is 9.73 Å². The second-order valence-electron chi connectivity index (χ2n) is 4.80. The summed E-state index contributed by atoms with van der Waals surface area (Å²) < 4.78 is 5.93. The lowest BCUT2D eigenvalue weighted by Crippen LogP contribution is -2.17. The van der Waals surface area contributed by atoms with E-state index in [1.807, 2.05) is 43.4 Å². The molecule has 0 spiro atoms. The lowest BCUT2D eigenvalue weighted by Gasteiger charge is -2.13. The van der Waals surface area contributed by atoms with Crippen LogP contribution in [0.25, 0.3) is 11.0 Å². The molecular weight excluding hydrogens is 302 g/mol. The third kappa shape index (κ3) is 3.43. The largest absolute Gasteiger partial charge is 0.459 e. The van der Waals surface area contributed by atoms with Gasteiger partial charge in [-0.1, -0.05) is 35.9 Å². The van der Waals surface area contributed by atoms with E-state index in [1.54, 1.807) is 11.8 Å². The predicted molar refractivity (Wildman–Crippen MR) is 90.2 cm³/mol. The molecule has 0 aliphatic carbocycles. The van der Waals surface area contributed by atoms with E-state index in [-0.39, 0.29) is 6.04 Å². The maximum absolute atomic E-state index is 6.02. The van der Waals surface area contributed by atoms with Crippen molar-refractivity contribution in [3.63, 3.8) is 0 Å². The van der Waals surface area contributed by atoms with Gasteiger partial charge in [-0.05, 0) is 37.4 Å². The van der Waals surface area contributed by atoms with Gasteiger partial charge in [-0.2, -0.15) is 0 Å². The minimum Gasteiger partial charge on any atom is -0.459 e. The van der Waals surface area contributed by atoms with E-state index in [4.69, 9.17) is 16.0 Å². The highest BCUT2D eigenvalue weighted by Crippen LogP contribution is 2.29. The molecule has 4 heteroatoms. The van der Waals surface area contributed by atoms with Crippen LogP contribution in [0, 0.1) is 0 Å². The van der Waals surface area contributed by atoms with Crippen LogP contribution in [0.4, 0.5) is 0 Å². The number of nitrogens with one attached hydrogen (secondary N) is 1. The first-order valence-electron chi connectivity index (χ1n) is 6.80. The topological polar surface area (TPSA) is 25.2 Å². The van der Waals surface area contributed by atoms with Crippen LogP contribution in [0.2, 0.25) is 5.02 Å². The van der Waals surface area contributed by atoms with E-state index >= 15 is 0 Å². The molecule has 21 heavy (non-hydrogen) atoms. The minimum absolute atomic E-state index is 0.168. The highest BCUT2D eigenvalue weighted by molar-refractivity contribution is 7.99. The molecule has 0 aliphatic heterocycles. The number of para-hydroxylation sites is 1. The van der Waals surface area contributed by atoms with E-state index in [1.165, 1.54) is 4.90 Å². The Morgan fingerprint density at radius 1 is 1.14 bits per heavy atom. The zero-order valence-electron chi connectivity index (χ0n) is 11.7. The molecule has 0 saturated carbocycles. The van der Waals surface area contributed by atoms with Gasteiger partial charge in [0.15, 0.2) is 0 Å². The van der Waals surface area contributed by atoms with Gasteiger partial charge in [0.1, 0.15) is 11.3 Å². The van der Waals surface area contributed by atoms with Crippen molar-refractivity contribution in [1.82, 2.24) is 5.32 Å². The van der Waals surface area contributed by atoms with Crippen LogP contribution < -0.4 is 5.32 Å². The lowest BCUT2D eigenvalue weighted by atomic mass is 10.2. The van der Waals surface area contributed by atoms with Crippen molar-refractivity contribution >= 4 is 34.3 Å². The number of fused-ring (bicyclic) bond motifs is 1.